The fourth-order valence-corrected chi connectivity index (χ4v) is 3.67. The number of hydrogen-bond donors (Lipinski definition) is 2. The summed E-state index contributed by atoms with van der Waals surface area (Å²) < 4.78 is 0. The molecule has 25 heavy (non-hydrogen) atoms. The molecule has 3 aliphatic heterocycles. The van der Waals surface area contributed by atoms with Gasteiger partial charge in [-0.05, 0) is 18.6 Å². The minimum atomic E-state index is -0.930. The number of imide groups is 2. The Morgan fingerprint density at radius 3 is 2.48 bits per heavy atom. The summed E-state index contributed by atoms with van der Waals surface area (Å²) in [6, 6.07) is 4.28. The second kappa shape index (κ2) is 5.96. The molecule has 0 radical (unpaired) electrons. The third-order valence-electron chi connectivity index (χ3n) is 4.90. The van der Waals surface area contributed by atoms with Crippen molar-refractivity contribution < 1.29 is 19.2 Å². The molecule has 8 heteroatoms. The van der Waals surface area contributed by atoms with E-state index in [9.17, 15) is 19.2 Å². The molecule has 2 N–H and O–H groups in total. The van der Waals surface area contributed by atoms with Crippen molar-refractivity contribution in [1.29, 1.82) is 0 Å². The lowest BCUT2D eigenvalue weighted by atomic mass is 10.0. The summed E-state index contributed by atoms with van der Waals surface area (Å²) in [7, 11) is 0. The highest BCUT2D eigenvalue weighted by Gasteiger charge is 2.46. The number of amides is 4. The van der Waals surface area contributed by atoms with Crippen molar-refractivity contribution >= 4 is 29.3 Å². The van der Waals surface area contributed by atoms with Crippen molar-refractivity contribution in [3.8, 4) is 0 Å². The molecule has 0 aliphatic carbocycles. The van der Waals surface area contributed by atoms with Gasteiger partial charge in [0.05, 0.1) is 16.8 Å². The monoisotopic (exact) mass is 342 g/mol. The zero-order valence-electron chi connectivity index (χ0n) is 13.6. The van der Waals surface area contributed by atoms with Crippen molar-refractivity contribution in [2.75, 3.05) is 31.1 Å². The highest BCUT2D eigenvalue weighted by molar-refractivity contribution is 6.25. The molecule has 1 aromatic rings. The summed E-state index contributed by atoms with van der Waals surface area (Å²) in [5, 5.41) is 5.46. The lowest BCUT2D eigenvalue weighted by molar-refractivity contribution is -0.136. The molecule has 4 amide bonds. The lowest BCUT2D eigenvalue weighted by Gasteiger charge is -2.31. The minimum absolute atomic E-state index is 0.120. The smallest absolute Gasteiger partial charge is 0.264 e. The van der Waals surface area contributed by atoms with E-state index in [0.29, 0.717) is 11.1 Å². The Kier molecular flexibility index (Phi) is 3.76. The van der Waals surface area contributed by atoms with Crippen LogP contribution in [0.5, 0.6) is 0 Å². The lowest BCUT2D eigenvalue weighted by Crippen LogP contribution is -2.54. The van der Waals surface area contributed by atoms with E-state index >= 15 is 0 Å². The summed E-state index contributed by atoms with van der Waals surface area (Å²) >= 11 is 0. The number of nitrogens with one attached hydrogen (secondary N) is 2. The predicted octanol–water partition coefficient (Wildman–Crippen LogP) is -0.503. The standard InChI is InChI=1S/C17H18N4O4/c22-13-5-4-12(15(23)19-13)21-16(24)10-2-1-3-11(14(10)17(21)25)20-8-6-18-7-9-20/h1-3,12,18H,4-9H2,(H,19,22,23). The molecule has 4 rings (SSSR count). The Morgan fingerprint density at radius 1 is 1.00 bits per heavy atom. The molecule has 2 saturated heterocycles. The summed E-state index contributed by atoms with van der Waals surface area (Å²) in [5.74, 6) is -1.89. The van der Waals surface area contributed by atoms with Crippen molar-refractivity contribution in [2.45, 2.75) is 18.9 Å². The number of carbonyl (C=O) groups is 4. The van der Waals surface area contributed by atoms with Crippen LogP contribution in [0.25, 0.3) is 0 Å². The van der Waals surface area contributed by atoms with Crippen LogP contribution in [-0.4, -0.2) is 60.7 Å². The normalized spacial score (nSPS) is 23.8. The molecular weight excluding hydrogens is 324 g/mol. The Morgan fingerprint density at radius 2 is 1.76 bits per heavy atom. The number of hydrogen-bond acceptors (Lipinski definition) is 6. The summed E-state index contributed by atoms with van der Waals surface area (Å²) in [6.45, 7) is 3.11. The van der Waals surface area contributed by atoms with E-state index in [4.69, 9.17) is 0 Å². The van der Waals surface area contributed by atoms with Gasteiger partial charge in [-0.15, -0.1) is 0 Å². The molecule has 1 unspecified atom stereocenters. The first-order chi connectivity index (χ1) is 12.1. The topological polar surface area (TPSA) is 98.8 Å². The zero-order chi connectivity index (χ0) is 17.6. The van der Waals surface area contributed by atoms with Gasteiger partial charge in [0.2, 0.25) is 11.8 Å². The first-order valence-electron chi connectivity index (χ1n) is 8.38. The number of carbonyl (C=O) groups excluding carboxylic acids is 4. The zero-order valence-corrected chi connectivity index (χ0v) is 13.6. The van der Waals surface area contributed by atoms with Crippen molar-refractivity contribution in [3.05, 3.63) is 29.3 Å². The highest BCUT2D eigenvalue weighted by atomic mass is 16.2. The maximum absolute atomic E-state index is 13.0. The number of anilines is 1. The van der Waals surface area contributed by atoms with E-state index in [1.807, 2.05) is 6.07 Å². The van der Waals surface area contributed by atoms with Crippen LogP contribution in [-0.2, 0) is 9.59 Å². The fourth-order valence-electron chi connectivity index (χ4n) is 3.67. The van der Waals surface area contributed by atoms with Crippen LogP contribution < -0.4 is 15.5 Å². The van der Waals surface area contributed by atoms with Crippen molar-refractivity contribution in [2.24, 2.45) is 0 Å². The number of nitrogens with zero attached hydrogens (tertiary/aromatic N) is 2. The molecule has 1 aromatic carbocycles. The summed E-state index contributed by atoms with van der Waals surface area (Å²) in [5.41, 5.74) is 1.41. The van der Waals surface area contributed by atoms with Crippen LogP contribution in [0.4, 0.5) is 5.69 Å². The first kappa shape index (κ1) is 15.8. The summed E-state index contributed by atoms with van der Waals surface area (Å²) in [6.07, 6.45) is 0.285. The maximum Gasteiger partial charge on any atom is 0.264 e. The Labute approximate surface area is 144 Å². The van der Waals surface area contributed by atoms with E-state index in [-0.39, 0.29) is 18.7 Å². The Hall–Kier alpha value is -2.74. The number of piperazine rings is 1. The third kappa shape index (κ3) is 2.49. The van der Waals surface area contributed by atoms with E-state index in [1.165, 1.54) is 0 Å². The minimum Gasteiger partial charge on any atom is -0.368 e. The molecule has 3 aliphatic rings. The first-order valence-corrected chi connectivity index (χ1v) is 8.38. The highest BCUT2D eigenvalue weighted by Crippen LogP contribution is 2.34. The van der Waals surface area contributed by atoms with Gasteiger partial charge in [-0.3, -0.25) is 29.4 Å². The van der Waals surface area contributed by atoms with Crippen LogP contribution in [0.15, 0.2) is 18.2 Å². The average Bonchev–Trinajstić information content (AvgIpc) is 2.87. The van der Waals surface area contributed by atoms with Gasteiger partial charge < -0.3 is 10.2 Å². The second-order valence-corrected chi connectivity index (χ2v) is 6.38. The third-order valence-corrected chi connectivity index (χ3v) is 4.90. The molecule has 0 aromatic heterocycles. The molecule has 1 atom stereocenters. The number of benzene rings is 1. The van der Waals surface area contributed by atoms with Crippen LogP contribution in [0.1, 0.15) is 33.6 Å². The number of rotatable bonds is 2. The molecular formula is C17H18N4O4. The van der Waals surface area contributed by atoms with Gasteiger partial charge >= 0.3 is 0 Å². The summed E-state index contributed by atoms with van der Waals surface area (Å²) in [4.78, 5) is 52.3. The Balaban J connectivity index is 1.70. The van der Waals surface area contributed by atoms with Gasteiger partial charge in [0.1, 0.15) is 6.04 Å². The fraction of sp³-hybridized carbons (Fsp3) is 0.412. The number of piperidine rings is 1. The quantitative estimate of drug-likeness (QED) is 0.703. The molecule has 2 fully saturated rings. The van der Waals surface area contributed by atoms with Gasteiger partial charge in [-0.25, -0.2) is 0 Å². The van der Waals surface area contributed by atoms with Crippen molar-refractivity contribution in [3.63, 3.8) is 0 Å². The van der Waals surface area contributed by atoms with Gasteiger partial charge in [0, 0.05) is 32.6 Å². The van der Waals surface area contributed by atoms with Gasteiger partial charge in [-0.1, -0.05) is 6.07 Å². The van der Waals surface area contributed by atoms with Gasteiger partial charge in [0.15, 0.2) is 0 Å². The van der Waals surface area contributed by atoms with Crippen LogP contribution in [0.3, 0.4) is 0 Å². The van der Waals surface area contributed by atoms with Gasteiger partial charge in [0.25, 0.3) is 11.8 Å². The predicted molar refractivity (Wildman–Crippen MR) is 88.2 cm³/mol. The maximum atomic E-state index is 13.0. The van der Waals surface area contributed by atoms with E-state index in [0.717, 1.165) is 36.8 Å². The molecule has 130 valence electrons. The van der Waals surface area contributed by atoms with Crippen LogP contribution in [0, 0.1) is 0 Å². The number of fused-ring (bicyclic) bond motifs is 1. The largest absolute Gasteiger partial charge is 0.368 e. The molecule has 3 heterocycles. The molecule has 0 bridgehead atoms. The average molecular weight is 342 g/mol. The van der Waals surface area contributed by atoms with E-state index in [2.05, 4.69) is 15.5 Å². The van der Waals surface area contributed by atoms with Crippen LogP contribution >= 0.6 is 0 Å². The van der Waals surface area contributed by atoms with Gasteiger partial charge in [-0.2, -0.15) is 0 Å². The SMILES string of the molecule is O=C1CCC(N2C(=O)c3cccc(N4CCNCC4)c3C2=O)C(=O)N1. The van der Waals surface area contributed by atoms with E-state index in [1.54, 1.807) is 12.1 Å². The molecule has 0 spiro atoms. The van der Waals surface area contributed by atoms with E-state index < -0.39 is 23.8 Å². The van der Waals surface area contributed by atoms with Crippen molar-refractivity contribution in [1.82, 2.24) is 15.5 Å². The van der Waals surface area contributed by atoms with Crippen LogP contribution in [0.2, 0.25) is 0 Å². The molecule has 8 nitrogen and oxygen atoms in total. The Bertz CT molecular complexity index is 785. The second-order valence-electron chi connectivity index (χ2n) is 6.38. The molecule has 0 saturated carbocycles.